The third kappa shape index (κ3) is 8.09. The molecule has 1 N–H and O–H groups in total. The number of halogens is 4. The molecule has 0 radical (unpaired) electrons. The van der Waals surface area contributed by atoms with Crippen molar-refractivity contribution in [1.29, 1.82) is 0 Å². The molecule has 0 fully saturated rings. The van der Waals surface area contributed by atoms with E-state index >= 15 is 0 Å². The Kier molecular flexibility index (Phi) is 4.98. The first-order valence-electron chi connectivity index (χ1n) is 4.69. The molecule has 0 saturated heterocycles. The Balaban J connectivity index is 4.78. The molecule has 0 aliphatic carbocycles. The maximum Gasteiger partial charge on any atom is 0.409 e. The van der Waals surface area contributed by atoms with Gasteiger partial charge in [-0.3, -0.25) is 0 Å². The maximum atomic E-state index is 12.3. The van der Waals surface area contributed by atoms with E-state index in [0.29, 0.717) is 0 Å². The number of carbonyl (C=O) groups is 1. The fraction of sp³-hybridized carbons (Fsp3) is 0.875. The minimum absolute atomic E-state index is 1.06. The van der Waals surface area contributed by atoms with Crippen LogP contribution in [0.1, 0.15) is 20.8 Å². The van der Waals surface area contributed by atoms with Crippen LogP contribution in [0.5, 0.6) is 0 Å². The molecule has 0 aliphatic heterocycles. The Hall–Kier alpha value is -1.06. The molecular weight excluding hydrogens is 282 g/mol. The van der Waals surface area contributed by atoms with Crippen LogP contribution in [0.2, 0.25) is 0 Å². The third-order valence-corrected chi connectivity index (χ3v) is 2.18. The minimum Gasteiger partial charge on any atom is -0.444 e. The molecule has 1 unspecified atom stereocenters. The fourth-order valence-corrected chi connectivity index (χ4v) is 1.54. The number of hydrogen-bond acceptors (Lipinski definition) is 4. The van der Waals surface area contributed by atoms with E-state index < -0.39 is 39.9 Å². The van der Waals surface area contributed by atoms with Gasteiger partial charge in [-0.1, -0.05) is 0 Å². The van der Waals surface area contributed by atoms with E-state index in [-0.39, 0.29) is 0 Å². The average Bonchev–Trinajstić information content (AvgIpc) is 1.93. The molecule has 0 aromatic carbocycles. The molecule has 0 spiro atoms. The number of alkyl halides is 3. The van der Waals surface area contributed by atoms with E-state index in [1.54, 1.807) is 0 Å². The molecule has 0 saturated carbocycles. The van der Waals surface area contributed by atoms with Gasteiger partial charge < -0.3 is 10.1 Å². The first-order valence-corrected chi connectivity index (χ1v) is 6.24. The Bertz CT molecular complexity index is 398. The van der Waals surface area contributed by atoms with Crippen LogP contribution in [0, 0.1) is 0 Å². The van der Waals surface area contributed by atoms with Crippen molar-refractivity contribution >= 4 is 16.3 Å². The Morgan fingerprint density at radius 1 is 1.28 bits per heavy atom. The number of nitrogens with one attached hydrogen (secondary N) is 1. The molecule has 0 aromatic rings. The van der Waals surface area contributed by atoms with Gasteiger partial charge in [0.25, 0.3) is 0 Å². The van der Waals surface area contributed by atoms with Gasteiger partial charge in [-0.2, -0.15) is 21.6 Å². The molecule has 1 atom stereocenters. The van der Waals surface area contributed by atoms with Crippen molar-refractivity contribution < 1.29 is 35.0 Å². The summed E-state index contributed by atoms with van der Waals surface area (Å²) in [5.41, 5.74) is -1.06. The number of carbonyl (C=O) groups excluding carboxylic acids is 1. The van der Waals surface area contributed by atoms with Gasteiger partial charge >= 0.3 is 22.5 Å². The molecule has 108 valence electrons. The average molecular weight is 295 g/mol. The van der Waals surface area contributed by atoms with Gasteiger partial charge in [0.2, 0.25) is 0 Å². The van der Waals surface area contributed by atoms with Crippen molar-refractivity contribution in [3.8, 4) is 0 Å². The highest BCUT2D eigenvalue weighted by atomic mass is 32.3. The lowest BCUT2D eigenvalue weighted by Gasteiger charge is -2.24. The Morgan fingerprint density at radius 3 is 2.00 bits per heavy atom. The summed E-state index contributed by atoms with van der Waals surface area (Å²) in [4.78, 5) is 11.1. The second kappa shape index (κ2) is 5.29. The van der Waals surface area contributed by atoms with E-state index in [4.69, 9.17) is 0 Å². The Labute approximate surface area is 102 Å². The molecule has 5 nitrogen and oxygen atoms in total. The number of ether oxygens (including phenoxy) is 1. The first-order chi connectivity index (χ1) is 7.71. The summed E-state index contributed by atoms with van der Waals surface area (Å²) in [6.45, 7) is 4.21. The molecule has 0 rings (SSSR count). The summed E-state index contributed by atoms with van der Waals surface area (Å²) in [6.07, 6.45) is -6.58. The van der Waals surface area contributed by atoms with Crippen molar-refractivity contribution in [3.63, 3.8) is 0 Å². The van der Waals surface area contributed by atoms with Crippen molar-refractivity contribution in [3.05, 3.63) is 0 Å². The number of hydrogen-bond donors (Lipinski definition) is 1. The molecule has 0 bridgehead atoms. The smallest absolute Gasteiger partial charge is 0.409 e. The standard InChI is InChI=1S/C8H13F4NO4S/c1-7(2,3)17-6(14)13-5(8(9,10)11)4-18(12,15)16/h5H,4H2,1-3H3,(H,13,14). The summed E-state index contributed by atoms with van der Waals surface area (Å²) in [7, 11) is -5.39. The van der Waals surface area contributed by atoms with Crippen molar-refractivity contribution in [2.45, 2.75) is 38.6 Å². The van der Waals surface area contributed by atoms with Gasteiger partial charge in [0.15, 0.2) is 0 Å². The quantitative estimate of drug-likeness (QED) is 0.636. The number of alkyl carbamates (subject to hydrolysis) is 1. The van der Waals surface area contributed by atoms with Crippen LogP contribution in [-0.2, 0) is 15.0 Å². The molecule has 1 amide bonds. The van der Waals surface area contributed by atoms with Crippen molar-refractivity contribution in [1.82, 2.24) is 5.32 Å². The van der Waals surface area contributed by atoms with Crippen LogP contribution in [0.3, 0.4) is 0 Å². The normalized spacial score (nSPS) is 15.1. The lowest BCUT2D eigenvalue weighted by atomic mass is 10.2. The van der Waals surface area contributed by atoms with E-state index in [1.165, 1.54) is 26.1 Å². The van der Waals surface area contributed by atoms with Gasteiger partial charge in [0.05, 0.1) is 0 Å². The van der Waals surface area contributed by atoms with E-state index in [0.717, 1.165) is 0 Å². The summed E-state index contributed by atoms with van der Waals surface area (Å²) in [5, 5.41) is 1.26. The van der Waals surface area contributed by atoms with Gasteiger partial charge in [-0.25, -0.2) is 4.79 Å². The van der Waals surface area contributed by atoms with Gasteiger partial charge in [0.1, 0.15) is 17.4 Å². The van der Waals surface area contributed by atoms with Crippen LogP contribution in [-0.4, -0.2) is 38.1 Å². The molecule has 10 heteroatoms. The number of amides is 1. The predicted molar refractivity (Wildman–Crippen MR) is 54.1 cm³/mol. The van der Waals surface area contributed by atoms with Crippen LogP contribution < -0.4 is 5.32 Å². The maximum absolute atomic E-state index is 12.3. The van der Waals surface area contributed by atoms with Gasteiger partial charge in [-0.05, 0) is 20.8 Å². The second-order valence-electron chi connectivity index (χ2n) is 4.45. The van der Waals surface area contributed by atoms with Gasteiger partial charge in [-0.15, -0.1) is 3.89 Å². The van der Waals surface area contributed by atoms with Crippen LogP contribution >= 0.6 is 0 Å². The minimum atomic E-state index is -5.39. The zero-order valence-corrected chi connectivity index (χ0v) is 10.7. The summed E-state index contributed by atoms with van der Waals surface area (Å²) >= 11 is 0. The SMILES string of the molecule is CC(C)(C)OC(=O)NC(CS(=O)(=O)F)C(F)(F)F. The lowest BCUT2D eigenvalue weighted by molar-refractivity contribution is -0.150. The highest BCUT2D eigenvalue weighted by Crippen LogP contribution is 2.22. The van der Waals surface area contributed by atoms with Crippen LogP contribution in [0.25, 0.3) is 0 Å². The monoisotopic (exact) mass is 295 g/mol. The third-order valence-electron chi connectivity index (χ3n) is 1.45. The zero-order chi connectivity index (χ0) is 14.8. The topological polar surface area (TPSA) is 72.5 Å². The summed E-state index contributed by atoms with van der Waals surface area (Å²) in [6, 6.07) is -2.86. The van der Waals surface area contributed by atoms with E-state index in [1.807, 2.05) is 0 Å². The number of rotatable bonds is 3. The Morgan fingerprint density at radius 2 is 1.72 bits per heavy atom. The molecule has 0 aromatic heterocycles. The van der Waals surface area contributed by atoms with Crippen molar-refractivity contribution in [2.24, 2.45) is 0 Å². The fourth-order valence-electron chi connectivity index (χ4n) is 0.867. The van der Waals surface area contributed by atoms with Crippen LogP contribution in [0.15, 0.2) is 0 Å². The summed E-state index contributed by atoms with van der Waals surface area (Å²) in [5.74, 6) is -1.89. The highest BCUT2D eigenvalue weighted by molar-refractivity contribution is 7.86. The molecule has 0 heterocycles. The van der Waals surface area contributed by atoms with Gasteiger partial charge in [0, 0.05) is 0 Å². The van der Waals surface area contributed by atoms with E-state index in [9.17, 15) is 30.3 Å². The highest BCUT2D eigenvalue weighted by Gasteiger charge is 2.44. The molecular formula is C8H13F4NO4S. The van der Waals surface area contributed by atoms with Crippen molar-refractivity contribution in [2.75, 3.05) is 5.75 Å². The second-order valence-corrected chi connectivity index (χ2v) is 5.86. The first kappa shape index (κ1) is 16.9. The predicted octanol–water partition coefficient (Wildman–Crippen LogP) is 1.74. The zero-order valence-electron chi connectivity index (χ0n) is 9.84. The molecule has 0 aliphatic rings. The van der Waals surface area contributed by atoms with E-state index in [2.05, 4.69) is 4.74 Å². The molecule has 18 heavy (non-hydrogen) atoms. The summed E-state index contributed by atoms with van der Waals surface area (Å²) < 4.78 is 74.2. The largest absolute Gasteiger partial charge is 0.444 e. The van der Waals surface area contributed by atoms with Crippen LogP contribution in [0.4, 0.5) is 21.9 Å². The lowest BCUT2D eigenvalue weighted by Crippen LogP contribution is -2.50.